The topological polar surface area (TPSA) is 58.1 Å². The summed E-state index contributed by atoms with van der Waals surface area (Å²) >= 11 is 0. The Labute approximate surface area is 203 Å². The molecule has 1 atom stereocenters. The molecule has 3 rings (SSSR count). The van der Waals surface area contributed by atoms with Gasteiger partial charge in [0.2, 0.25) is 0 Å². The molecule has 32 heavy (non-hydrogen) atoms. The van der Waals surface area contributed by atoms with Gasteiger partial charge in [0.05, 0.1) is 12.8 Å². The van der Waals surface area contributed by atoms with Crippen LogP contribution in [0.25, 0.3) is 0 Å². The molecule has 2 N–H and O–H groups in total. The second-order valence-electron chi connectivity index (χ2n) is 7.22. The van der Waals surface area contributed by atoms with Gasteiger partial charge in [-0.3, -0.25) is 4.99 Å². The number of hydrogen-bond acceptors (Lipinski definition) is 4. The molecule has 0 spiro atoms. The Hall–Kier alpha value is -2.37. The summed E-state index contributed by atoms with van der Waals surface area (Å²) < 4.78 is 46.9. The van der Waals surface area contributed by atoms with Gasteiger partial charge in [0.25, 0.3) is 0 Å². The van der Waals surface area contributed by atoms with Gasteiger partial charge in [0.1, 0.15) is 11.5 Å². The Morgan fingerprint density at radius 2 is 1.88 bits per heavy atom. The van der Waals surface area contributed by atoms with Crippen LogP contribution in [-0.4, -0.2) is 52.0 Å². The van der Waals surface area contributed by atoms with Gasteiger partial charge in [0.15, 0.2) is 12.6 Å². The van der Waals surface area contributed by atoms with E-state index in [9.17, 15) is 13.2 Å². The van der Waals surface area contributed by atoms with Gasteiger partial charge in [-0.05, 0) is 36.2 Å². The van der Waals surface area contributed by atoms with E-state index in [1.165, 1.54) is 12.1 Å². The lowest BCUT2D eigenvalue weighted by Crippen LogP contribution is -2.44. The van der Waals surface area contributed by atoms with E-state index in [-0.39, 0.29) is 35.8 Å². The fourth-order valence-corrected chi connectivity index (χ4v) is 3.43. The maximum Gasteiger partial charge on any atom is 0.422 e. The van der Waals surface area contributed by atoms with Gasteiger partial charge in [-0.2, -0.15) is 13.2 Å². The zero-order chi connectivity index (χ0) is 22.3. The van der Waals surface area contributed by atoms with E-state index < -0.39 is 12.8 Å². The first kappa shape index (κ1) is 25.9. The lowest BCUT2D eigenvalue weighted by atomic mass is 10.2. The van der Waals surface area contributed by atoms with Crippen molar-refractivity contribution in [2.45, 2.75) is 25.2 Å². The molecule has 2 aromatic carbocycles. The van der Waals surface area contributed by atoms with Crippen molar-refractivity contribution in [3.63, 3.8) is 0 Å². The zero-order valence-electron chi connectivity index (χ0n) is 18.0. The number of para-hydroxylation sites is 2. The number of alkyl halides is 3. The first-order valence-corrected chi connectivity index (χ1v) is 10.0. The molecule has 6 nitrogen and oxygen atoms in total. The number of anilines is 1. The van der Waals surface area contributed by atoms with Gasteiger partial charge in [-0.25, -0.2) is 0 Å². The minimum absolute atomic E-state index is 0. The van der Waals surface area contributed by atoms with Gasteiger partial charge < -0.3 is 25.0 Å². The number of nitrogens with one attached hydrogen (secondary N) is 2. The first-order chi connectivity index (χ1) is 14.9. The zero-order valence-corrected chi connectivity index (χ0v) is 20.3. The lowest BCUT2D eigenvalue weighted by Gasteiger charge is -2.22. The summed E-state index contributed by atoms with van der Waals surface area (Å²) in [4.78, 5) is 6.55. The smallest absolute Gasteiger partial charge is 0.422 e. The average molecular weight is 564 g/mol. The first-order valence-electron chi connectivity index (χ1n) is 10.0. The Kier molecular flexibility index (Phi) is 9.73. The molecule has 0 saturated carbocycles. The van der Waals surface area contributed by atoms with E-state index in [1.807, 2.05) is 18.2 Å². The van der Waals surface area contributed by atoms with Crippen LogP contribution < -0.4 is 25.0 Å². The van der Waals surface area contributed by atoms with E-state index in [0.29, 0.717) is 12.5 Å². The molecule has 176 valence electrons. The Balaban J connectivity index is 0.00000363. The summed E-state index contributed by atoms with van der Waals surface area (Å²) in [7, 11) is 3.38. The molecule has 1 heterocycles. The van der Waals surface area contributed by atoms with Gasteiger partial charge in [-0.15, -0.1) is 24.0 Å². The highest BCUT2D eigenvalue weighted by atomic mass is 127. The molecule has 1 aliphatic rings. The third-order valence-corrected chi connectivity index (χ3v) is 4.96. The van der Waals surface area contributed by atoms with Crippen LogP contribution in [-0.2, 0) is 6.54 Å². The molecule has 1 aliphatic heterocycles. The van der Waals surface area contributed by atoms with E-state index in [2.05, 4.69) is 26.6 Å². The largest absolute Gasteiger partial charge is 0.495 e. The van der Waals surface area contributed by atoms with Crippen molar-refractivity contribution in [1.82, 2.24) is 10.6 Å². The fourth-order valence-electron chi connectivity index (χ4n) is 3.43. The molecule has 10 heteroatoms. The van der Waals surface area contributed by atoms with Crippen LogP contribution in [0, 0.1) is 0 Å². The normalized spacial score (nSPS) is 16.3. The van der Waals surface area contributed by atoms with E-state index in [0.717, 1.165) is 36.5 Å². The van der Waals surface area contributed by atoms with Crippen molar-refractivity contribution in [1.29, 1.82) is 0 Å². The van der Waals surface area contributed by atoms with Gasteiger partial charge >= 0.3 is 6.18 Å². The van der Waals surface area contributed by atoms with Crippen LogP contribution in [0.2, 0.25) is 0 Å². The SMILES string of the molecule is CN=C(NCc1ccc(OCC(F)(F)F)cc1)NC1CCN(c2ccccc2OC)C1.I. The number of guanidine groups is 1. The van der Waals surface area contributed by atoms with Crippen molar-refractivity contribution in [3.05, 3.63) is 54.1 Å². The number of methoxy groups -OCH3 is 1. The summed E-state index contributed by atoms with van der Waals surface area (Å²) in [5, 5.41) is 6.67. The monoisotopic (exact) mass is 564 g/mol. The summed E-state index contributed by atoms with van der Waals surface area (Å²) in [5.41, 5.74) is 1.98. The lowest BCUT2D eigenvalue weighted by molar-refractivity contribution is -0.153. The third kappa shape index (κ3) is 7.64. The standard InChI is InChI=1S/C22H27F3N4O2.HI/c1-26-21(27-13-16-7-9-18(10-8-16)31-15-22(23,24)25)28-17-11-12-29(14-17)19-5-3-4-6-20(19)30-2;/h3-10,17H,11-15H2,1-2H3,(H2,26,27,28);1H. The molecule has 1 unspecified atom stereocenters. The second kappa shape index (κ2) is 12.0. The number of hydrogen-bond donors (Lipinski definition) is 2. The highest BCUT2D eigenvalue weighted by Crippen LogP contribution is 2.30. The van der Waals surface area contributed by atoms with Crippen LogP contribution in [0.1, 0.15) is 12.0 Å². The summed E-state index contributed by atoms with van der Waals surface area (Å²) in [5.74, 6) is 1.71. The number of benzene rings is 2. The van der Waals surface area contributed by atoms with Crippen LogP contribution in [0.15, 0.2) is 53.5 Å². The molecular weight excluding hydrogens is 536 g/mol. The minimum Gasteiger partial charge on any atom is -0.495 e. The van der Waals surface area contributed by atoms with Crippen molar-refractivity contribution < 1.29 is 22.6 Å². The highest BCUT2D eigenvalue weighted by Gasteiger charge is 2.28. The molecular formula is C22H28F3IN4O2. The van der Waals surface area contributed by atoms with Crippen molar-refractivity contribution in [2.75, 3.05) is 38.8 Å². The number of ether oxygens (including phenoxy) is 2. The maximum absolute atomic E-state index is 12.2. The van der Waals surface area contributed by atoms with Crippen LogP contribution >= 0.6 is 24.0 Å². The predicted molar refractivity (Wildman–Crippen MR) is 130 cm³/mol. The van der Waals surface area contributed by atoms with Crippen molar-refractivity contribution in [3.8, 4) is 11.5 Å². The summed E-state index contributed by atoms with van der Waals surface area (Å²) in [6, 6.07) is 14.7. The summed E-state index contributed by atoms with van der Waals surface area (Å²) in [6.45, 7) is 0.928. The third-order valence-electron chi connectivity index (χ3n) is 4.96. The molecule has 0 aromatic heterocycles. The predicted octanol–water partition coefficient (Wildman–Crippen LogP) is 4.20. The van der Waals surface area contributed by atoms with Gasteiger partial charge in [-0.1, -0.05) is 24.3 Å². The molecule has 0 amide bonds. The molecule has 0 radical (unpaired) electrons. The Morgan fingerprint density at radius 1 is 1.16 bits per heavy atom. The van der Waals surface area contributed by atoms with E-state index in [4.69, 9.17) is 9.47 Å². The van der Waals surface area contributed by atoms with E-state index >= 15 is 0 Å². The van der Waals surface area contributed by atoms with Crippen LogP contribution in [0.4, 0.5) is 18.9 Å². The number of aliphatic imine (C=N–C) groups is 1. The Bertz CT molecular complexity index is 878. The number of halogens is 4. The number of nitrogens with zero attached hydrogens (tertiary/aromatic N) is 2. The van der Waals surface area contributed by atoms with Gasteiger partial charge in [0, 0.05) is 32.7 Å². The second-order valence-corrected chi connectivity index (χ2v) is 7.22. The molecule has 0 bridgehead atoms. The quantitative estimate of drug-likeness (QED) is 0.300. The molecule has 2 aromatic rings. The molecule has 1 fully saturated rings. The van der Waals surface area contributed by atoms with Crippen molar-refractivity contribution >= 4 is 35.6 Å². The van der Waals surface area contributed by atoms with E-state index in [1.54, 1.807) is 26.3 Å². The number of rotatable bonds is 7. The Morgan fingerprint density at radius 3 is 2.53 bits per heavy atom. The fraction of sp³-hybridized carbons (Fsp3) is 0.409. The molecule has 1 saturated heterocycles. The average Bonchev–Trinajstić information content (AvgIpc) is 3.23. The minimum atomic E-state index is -4.35. The maximum atomic E-state index is 12.2. The highest BCUT2D eigenvalue weighted by molar-refractivity contribution is 14.0. The van der Waals surface area contributed by atoms with Crippen LogP contribution in [0.3, 0.4) is 0 Å². The van der Waals surface area contributed by atoms with Crippen LogP contribution in [0.5, 0.6) is 11.5 Å². The van der Waals surface area contributed by atoms with Crippen molar-refractivity contribution in [2.24, 2.45) is 4.99 Å². The summed E-state index contributed by atoms with van der Waals surface area (Å²) in [6.07, 6.45) is -3.39. The molecule has 0 aliphatic carbocycles.